The molecule has 1 aromatic heterocycles. The lowest BCUT2D eigenvalue weighted by Gasteiger charge is -2.05. The van der Waals surface area contributed by atoms with Gasteiger partial charge in [0.25, 0.3) is 0 Å². The van der Waals surface area contributed by atoms with Crippen LogP contribution in [0.2, 0.25) is 0 Å². The molecule has 0 spiro atoms. The Morgan fingerprint density at radius 3 is 2.26 bits per heavy atom. The smallest absolute Gasteiger partial charge is 0.0303 e. The zero-order chi connectivity index (χ0) is 13.5. The Hall–Kier alpha value is -1.16. The van der Waals surface area contributed by atoms with E-state index in [-0.39, 0.29) is 0 Å². The second kappa shape index (κ2) is 7.43. The van der Waals surface area contributed by atoms with Crippen LogP contribution in [0.15, 0.2) is 36.4 Å². The maximum atomic E-state index is 5.55. The normalized spacial score (nSPS) is 10.8. The highest BCUT2D eigenvalue weighted by Gasteiger charge is 1.99. The monoisotopic (exact) mass is 274 g/mol. The first-order chi connectivity index (χ1) is 9.31. The minimum Gasteiger partial charge on any atom is -0.330 e. The lowest BCUT2D eigenvalue weighted by molar-refractivity contribution is 0.700. The summed E-state index contributed by atoms with van der Waals surface area (Å²) in [6.45, 7) is 4.79. The third-order valence-corrected chi connectivity index (χ3v) is 4.38. The van der Waals surface area contributed by atoms with Gasteiger partial charge in [-0.3, -0.25) is 0 Å². The molecule has 0 unspecified atom stereocenters. The average molecular weight is 274 g/mol. The molecule has 1 aromatic carbocycles. The molecule has 3 heteroatoms. The molecule has 0 atom stereocenters. The molecular formula is C16H22N2S. The van der Waals surface area contributed by atoms with Crippen LogP contribution < -0.4 is 11.1 Å². The number of nitrogens with one attached hydrogen (secondary N) is 1. The van der Waals surface area contributed by atoms with Gasteiger partial charge >= 0.3 is 0 Å². The number of nitrogens with two attached hydrogens (primary N) is 1. The fourth-order valence-corrected chi connectivity index (χ4v) is 2.96. The zero-order valence-corrected chi connectivity index (χ0v) is 12.3. The van der Waals surface area contributed by atoms with Gasteiger partial charge in [0.1, 0.15) is 0 Å². The second-order valence-electron chi connectivity index (χ2n) is 4.68. The van der Waals surface area contributed by atoms with Gasteiger partial charge in [-0.05, 0) is 42.6 Å². The fraction of sp³-hybridized carbons (Fsp3) is 0.375. The highest BCUT2D eigenvalue weighted by atomic mass is 32.1. The molecule has 102 valence electrons. The van der Waals surface area contributed by atoms with E-state index in [4.69, 9.17) is 5.73 Å². The van der Waals surface area contributed by atoms with Crippen molar-refractivity contribution in [3.8, 4) is 0 Å². The van der Waals surface area contributed by atoms with E-state index in [2.05, 4.69) is 48.6 Å². The van der Waals surface area contributed by atoms with Gasteiger partial charge in [0.2, 0.25) is 0 Å². The van der Waals surface area contributed by atoms with Gasteiger partial charge in [0, 0.05) is 22.8 Å². The van der Waals surface area contributed by atoms with Crippen molar-refractivity contribution in [3.63, 3.8) is 0 Å². The maximum Gasteiger partial charge on any atom is 0.0303 e. The van der Waals surface area contributed by atoms with Crippen LogP contribution >= 0.6 is 11.3 Å². The van der Waals surface area contributed by atoms with Crippen LogP contribution in [-0.4, -0.2) is 6.54 Å². The van der Waals surface area contributed by atoms with Crippen molar-refractivity contribution in [1.29, 1.82) is 0 Å². The van der Waals surface area contributed by atoms with Crippen molar-refractivity contribution in [2.75, 3.05) is 6.54 Å². The van der Waals surface area contributed by atoms with Crippen LogP contribution in [-0.2, 0) is 25.9 Å². The lowest BCUT2D eigenvalue weighted by atomic mass is 10.1. The molecule has 0 saturated carbocycles. The minimum absolute atomic E-state index is 0.718. The van der Waals surface area contributed by atoms with Crippen LogP contribution in [0.3, 0.4) is 0 Å². The molecule has 0 aliphatic heterocycles. The summed E-state index contributed by atoms with van der Waals surface area (Å²) in [5, 5.41) is 3.49. The average Bonchev–Trinajstić information content (AvgIpc) is 2.89. The van der Waals surface area contributed by atoms with Crippen LogP contribution in [0, 0.1) is 0 Å². The topological polar surface area (TPSA) is 38.0 Å². The van der Waals surface area contributed by atoms with Crippen LogP contribution in [0.25, 0.3) is 0 Å². The minimum atomic E-state index is 0.718. The van der Waals surface area contributed by atoms with Crippen LogP contribution in [0.4, 0.5) is 0 Å². The lowest BCUT2D eigenvalue weighted by Crippen LogP contribution is -2.11. The summed E-state index contributed by atoms with van der Waals surface area (Å²) in [7, 11) is 0. The quantitative estimate of drug-likeness (QED) is 0.814. The van der Waals surface area contributed by atoms with Gasteiger partial charge in [-0.15, -0.1) is 11.3 Å². The first-order valence-corrected chi connectivity index (χ1v) is 7.69. The van der Waals surface area contributed by atoms with E-state index < -0.39 is 0 Å². The summed E-state index contributed by atoms with van der Waals surface area (Å²) in [6, 6.07) is 13.2. The van der Waals surface area contributed by atoms with E-state index in [1.54, 1.807) is 0 Å². The van der Waals surface area contributed by atoms with Crippen molar-refractivity contribution in [3.05, 3.63) is 57.3 Å². The molecular weight excluding hydrogens is 252 g/mol. The van der Waals surface area contributed by atoms with Crippen LogP contribution in [0.5, 0.6) is 0 Å². The molecule has 2 rings (SSSR count). The molecule has 1 heterocycles. The second-order valence-corrected chi connectivity index (χ2v) is 5.93. The van der Waals surface area contributed by atoms with Gasteiger partial charge in [0.05, 0.1) is 0 Å². The number of hydrogen-bond acceptors (Lipinski definition) is 3. The van der Waals surface area contributed by atoms with Gasteiger partial charge in [0.15, 0.2) is 0 Å². The summed E-state index contributed by atoms with van der Waals surface area (Å²) in [4.78, 5) is 2.87. The molecule has 3 N–H and O–H groups in total. The summed E-state index contributed by atoms with van der Waals surface area (Å²) in [5.74, 6) is 0. The van der Waals surface area contributed by atoms with E-state index in [1.807, 2.05) is 11.3 Å². The highest BCUT2D eigenvalue weighted by Crippen LogP contribution is 2.16. The molecule has 0 bridgehead atoms. The van der Waals surface area contributed by atoms with Gasteiger partial charge in [-0.25, -0.2) is 0 Å². The molecule has 0 radical (unpaired) electrons. The SMILES string of the molecule is CCc1ccc(CNCc2ccc(CCN)cc2)s1. The molecule has 0 amide bonds. The molecule has 2 nitrogen and oxygen atoms in total. The number of hydrogen-bond donors (Lipinski definition) is 2. The largest absolute Gasteiger partial charge is 0.330 e. The number of thiophene rings is 1. The zero-order valence-electron chi connectivity index (χ0n) is 11.5. The van der Waals surface area contributed by atoms with Crippen molar-refractivity contribution < 1.29 is 0 Å². The van der Waals surface area contributed by atoms with Gasteiger partial charge in [-0.2, -0.15) is 0 Å². The van der Waals surface area contributed by atoms with E-state index in [9.17, 15) is 0 Å². The van der Waals surface area contributed by atoms with Crippen molar-refractivity contribution >= 4 is 11.3 Å². The summed E-state index contributed by atoms with van der Waals surface area (Å²) >= 11 is 1.90. The number of rotatable bonds is 7. The maximum absolute atomic E-state index is 5.55. The highest BCUT2D eigenvalue weighted by molar-refractivity contribution is 7.11. The molecule has 2 aromatic rings. The summed E-state index contributed by atoms with van der Waals surface area (Å²) in [6.07, 6.45) is 2.09. The van der Waals surface area contributed by atoms with E-state index in [0.717, 1.165) is 32.5 Å². The first kappa shape index (κ1) is 14.3. The van der Waals surface area contributed by atoms with Crippen molar-refractivity contribution in [2.24, 2.45) is 5.73 Å². The third kappa shape index (κ3) is 4.46. The summed E-state index contributed by atoms with van der Waals surface area (Å²) < 4.78 is 0. The van der Waals surface area contributed by atoms with E-state index >= 15 is 0 Å². The first-order valence-electron chi connectivity index (χ1n) is 6.88. The van der Waals surface area contributed by atoms with E-state index in [0.29, 0.717) is 0 Å². The standard InChI is InChI=1S/C16H22N2S/c1-2-15-7-8-16(19-15)12-18-11-14-5-3-13(4-6-14)9-10-17/h3-8,18H,2,9-12,17H2,1H3. The third-order valence-electron chi connectivity index (χ3n) is 3.15. The molecule has 0 aliphatic carbocycles. The Morgan fingerprint density at radius 2 is 1.63 bits per heavy atom. The predicted octanol–water partition coefficient (Wildman–Crippen LogP) is 3.10. The number of benzene rings is 1. The molecule has 0 aliphatic rings. The van der Waals surface area contributed by atoms with Crippen molar-refractivity contribution in [2.45, 2.75) is 32.9 Å². The molecule has 0 saturated heterocycles. The Kier molecular flexibility index (Phi) is 5.58. The Balaban J connectivity index is 1.78. The Labute approximate surface area is 119 Å². The molecule has 19 heavy (non-hydrogen) atoms. The van der Waals surface area contributed by atoms with Gasteiger partial charge in [-0.1, -0.05) is 31.2 Å². The van der Waals surface area contributed by atoms with Gasteiger partial charge < -0.3 is 11.1 Å². The predicted molar refractivity (Wildman–Crippen MR) is 83.4 cm³/mol. The summed E-state index contributed by atoms with van der Waals surface area (Å²) in [5.41, 5.74) is 8.19. The van der Waals surface area contributed by atoms with Crippen molar-refractivity contribution in [1.82, 2.24) is 5.32 Å². The van der Waals surface area contributed by atoms with E-state index in [1.165, 1.54) is 20.9 Å². The van der Waals surface area contributed by atoms with Crippen LogP contribution in [0.1, 0.15) is 27.8 Å². The number of aryl methyl sites for hydroxylation is 1. The fourth-order valence-electron chi connectivity index (χ4n) is 2.03. The Bertz CT molecular complexity index is 488. The molecule has 0 fully saturated rings. The Morgan fingerprint density at radius 1 is 0.947 bits per heavy atom.